The number of rotatable bonds is 3. The van der Waals surface area contributed by atoms with Gasteiger partial charge in [-0.2, -0.15) is 0 Å². The number of carbonyl (C=O) groups excluding carboxylic acids is 1. The van der Waals surface area contributed by atoms with Gasteiger partial charge in [0.05, 0.1) is 19.1 Å². The van der Waals surface area contributed by atoms with Crippen molar-refractivity contribution in [3.05, 3.63) is 68.0 Å². The van der Waals surface area contributed by atoms with E-state index < -0.39 is 0 Å². The van der Waals surface area contributed by atoms with Crippen molar-refractivity contribution in [1.29, 1.82) is 0 Å². The minimum Gasteiger partial charge on any atom is -0.497 e. The Morgan fingerprint density at radius 1 is 1.21 bits per heavy atom. The molecule has 0 spiro atoms. The van der Waals surface area contributed by atoms with Crippen LogP contribution in [0.25, 0.3) is 0 Å². The monoisotopic (exact) mass is 411 g/mol. The molecule has 4 nitrogen and oxygen atoms in total. The van der Waals surface area contributed by atoms with Gasteiger partial charge in [-0.15, -0.1) is 22.7 Å². The normalized spacial score (nSPS) is 20.8. The van der Waals surface area contributed by atoms with Crippen LogP contribution in [0.15, 0.2) is 47.2 Å². The Morgan fingerprint density at radius 2 is 2.14 bits per heavy atom. The maximum Gasteiger partial charge on any atom is 0.230 e. The number of fused-ring (bicyclic) bond motifs is 2. The third-order valence-electron chi connectivity index (χ3n) is 5.58. The standard InChI is InChI=1S/C22H21NO3S2/c1-25-16-4-5-18-14(12-16)11-15(13-26-18)22(24)23-8-6-19-17(7-10-28-19)21(23)20-3-2-9-27-20/h2-5,7,9-10,12,15,21H,6,8,11,13H2,1H3. The number of thiophene rings is 2. The van der Waals surface area contributed by atoms with Crippen LogP contribution in [0, 0.1) is 5.92 Å². The minimum absolute atomic E-state index is 0.0224. The van der Waals surface area contributed by atoms with Crippen molar-refractivity contribution in [3.8, 4) is 11.5 Å². The van der Waals surface area contributed by atoms with E-state index in [-0.39, 0.29) is 17.9 Å². The summed E-state index contributed by atoms with van der Waals surface area (Å²) < 4.78 is 11.3. The molecule has 0 fully saturated rings. The first-order valence-corrected chi connectivity index (χ1v) is 11.2. The first kappa shape index (κ1) is 17.8. The fourth-order valence-corrected chi connectivity index (χ4v) is 5.96. The molecule has 28 heavy (non-hydrogen) atoms. The molecule has 1 amide bonds. The Labute approximate surface area is 172 Å². The summed E-state index contributed by atoms with van der Waals surface area (Å²) in [7, 11) is 1.66. The zero-order chi connectivity index (χ0) is 19.1. The van der Waals surface area contributed by atoms with Crippen molar-refractivity contribution in [3.63, 3.8) is 0 Å². The molecule has 1 aromatic carbocycles. The fraction of sp³-hybridized carbons (Fsp3) is 0.318. The molecule has 144 valence electrons. The van der Waals surface area contributed by atoms with Gasteiger partial charge in [-0.1, -0.05) is 6.07 Å². The van der Waals surface area contributed by atoms with Crippen molar-refractivity contribution in [2.75, 3.05) is 20.3 Å². The molecule has 2 aliphatic heterocycles. The molecule has 0 aliphatic carbocycles. The second-order valence-corrected chi connectivity index (χ2v) is 9.16. The summed E-state index contributed by atoms with van der Waals surface area (Å²) >= 11 is 3.52. The fourth-order valence-electron chi connectivity index (χ4n) is 4.20. The lowest BCUT2D eigenvalue weighted by atomic mass is 9.92. The van der Waals surface area contributed by atoms with Gasteiger partial charge in [0.2, 0.25) is 5.91 Å². The van der Waals surface area contributed by atoms with Crippen molar-refractivity contribution in [2.24, 2.45) is 5.92 Å². The third kappa shape index (κ3) is 3.01. The molecule has 0 saturated heterocycles. The number of ether oxygens (including phenoxy) is 2. The van der Waals surface area contributed by atoms with Crippen LogP contribution in [0.1, 0.15) is 26.9 Å². The Hall–Kier alpha value is -2.31. The number of hydrogen-bond acceptors (Lipinski definition) is 5. The van der Waals surface area contributed by atoms with Crippen molar-refractivity contribution < 1.29 is 14.3 Å². The van der Waals surface area contributed by atoms with E-state index >= 15 is 0 Å². The first-order valence-electron chi connectivity index (χ1n) is 9.44. The van der Waals surface area contributed by atoms with Crippen LogP contribution < -0.4 is 9.47 Å². The molecule has 5 rings (SSSR count). The third-order valence-corrected chi connectivity index (χ3v) is 7.51. The van der Waals surface area contributed by atoms with Crippen LogP contribution in [0.4, 0.5) is 0 Å². The molecular weight excluding hydrogens is 390 g/mol. The number of hydrogen-bond donors (Lipinski definition) is 0. The highest BCUT2D eigenvalue weighted by Crippen LogP contribution is 2.41. The Balaban J connectivity index is 1.44. The molecule has 2 atom stereocenters. The number of carbonyl (C=O) groups is 1. The van der Waals surface area contributed by atoms with Gasteiger partial charge >= 0.3 is 0 Å². The van der Waals surface area contributed by atoms with Gasteiger partial charge in [0, 0.05) is 16.3 Å². The van der Waals surface area contributed by atoms with E-state index in [9.17, 15) is 4.79 Å². The van der Waals surface area contributed by atoms with Crippen molar-refractivity contribution in [2.45, 2.75) is 18.9 Å². The predicted molar refractivity (Wildman–Crippen MR) is 112 cm³/mol. The van der Waals surface area contributed by atoms with E-state index in [1.807, 2.05) is 18.2 Å². The zero-order valence-electron chi connectivity index (χ0n) is 15.6. The van der Waals surface area contributed by atoms with Crippen LogP contribution in [0.2, 0.25) is 0 Å². The highest BCUT2D eigenvalue weighted by atomic mass is 32.1. The summed E-state index contributed by atoms with van der Waals surface area (Å²) in [5.74, 6) is 1.68. The quantitative estimate of drug-likeness (QED) is 0.635. The first-order chi connectivity index (χ1) is 13.7. The van der Waals surface area contributed by atoms with E-state index in [2.05, 4.69) is 33.9 Å². The molecule has 0 bridgehead atoms. The van der Waals surface area contributed by atoms with Gasteiger partial charge in [0.15, 0.2) is 0 Å². The lowest BCUT2D eigenvalue weighted by molar-refractivity contribution is -0.139. The van der Waals surface area contributed by atoms with E-state index in [1.54, 1.807) is 29.8 Å². The maximum atomic E-state index is 13.6. The highest BCUT2D eigenvalue weighted by Gasteiger charge is 2.38. The van der Waals surface area contributed by atoms with Crippen LogP contribution >= 0.6 is 22.7 Å². The summed E-state index contributed by atoms with van der Waals surface area (Å²) in [6.07, 6.45) is 1.62. The smallest absolute Gasteiger partial charge is 0.230 e. The van der Waals surface area contributed by atoms with Gasteiger partial charge in [-0.25, -0.2) is 0 Å². The van der Waals surface area contributed by atoms with Crippen LogP contribution in [0.3, 0.4) is 0 Å². The molecule has 0 radical (unpaired) electrons. The number of methoxy groups -OCH3 is 1. The zero-order valence-corrected chi connectivity index (χ0v) is 17.2. The Morgan fingerprint density at radius 3 is 2.96 bits per heavy atom. The molecule has 2 aromatic heterocycles. The van der Waals surface area contributed by atoms with E-state index in [0.29, 0.717) is 13.0 Å². The number of amides is 1. The van der Waals surface area contributed by atoms with Gasteiger partial charge in [0.25, 0.3) is 0 Å². The van der Waals surface area contributed by atoms with Gasteiger partial charge in [0.1, 0.15) is 18.1 Å². The van der Waals surface area contributed by atoms with Crippen LogP contribution in [0.5, 0.6) is 11.5 Å². The molecule has 0 N–H and O–H groups in total. The van der Waals surface area contributed by atoms with E-state index in [4.69, 9.17) is 9.47 Å². The number of benzene rings is 1. The minimum atomic E-state index is -0.165. The lowest BCUT2D eigenvalue weighted by Crippen LogP contribution is -2.45. The summed E-state index contributed by atoms with van der Waals surface area (Å²) in [5.41, 5.74) is 2.33. The maximum absolute atomic E-state index is 13.6. The largest absolute Gasteiger partial charge is 0.497 e. The van der Waals surface area contributed by atoms with Gasteiger partial charge in [-0.3, -0.25) is 4.79 Å². The van der Waals surface area contributed by atoms with Crippen molar-refractivity contribution in [1.82, 2.24) is 4.90 Å². The molecule has 3 aromatic rings. The summed E-state index contributed by atoms with van der Waals surface area (Å²) in [6, 6.07) is 12.2. The average molecular weight is 412 g/mol. The van der Waals surface area contributed by atoms with E-state index in [0.717, 1.165) is 30.0 Å². The highest BCUT2D eigenvalue weighted by molar-refractivity contribution is 7.10. The Kier molecular flexibility index (Phi) is 4.61. The van der Waals surface area contributed by atoms with Crippen molar-refractivity contribution >= 4 is 28.6 Å². The van der Waals surface area contributed by atoms with Gasteiger partial charge in [-0.05, 0) is 65.1 Å². The SMILES string of the molecule is COc1ccc2c(c1)CC(C(=O)N1CCc3sccc3C1c1cccs1)CO2. The lowest BCUT2D eigenvalue weighted by Gasteiger charge is -2.38. The molecular formula is C22H21NO3S2. The molecule has 2 aliphatic rings. The number of nitrogens with zero attached hydrogens (tertiary/aromatic N) is 1. The van der Waals surface area contributed by atoms with Crippen LogP contribution in [-0.4, -0.2) is 31.1 Å². The van der Waals surface area contributed by atoms with E-state index in [1.165, 1.54) is 15.3 Å². The molecule has 4 heterocycles. The topological polar surface area (TPSA) is 38.8 Å². The second kappa shape index (κ2) is 7.26. The predicted octanol–water partition coefficient (Wildman–Crippen LogP) is 4.54. The van der Waals surface area contributed by atoms with Crippen LogP contribution in [-0.2, 0) is 17.6 Å². The molecule has 6 heteroatoms. The summed E-state index contributed by atoms with van der Waals surface area (Å²) in [4.78, 5) is 18.3. The Bertz CT molecular complexity index is 995. The summed E-state index contributed by atoms with van der Waals surface area (Å²) in [6.45, 7) is 1.19. The second-order valence-electron chi connectivity index (χ2n) is 7.18. The summed E-state index contributed by atoms with van der Waals surface area (Å²) in [5, 5.41) is 4.23. The van der Waals surface area contributed by atoms with Gasteiger partial charge < -0.3 is 14.4 Å². The molecule has 0 saturated carbocycles. The molecule has 2 unspecified atom stereocenters. The average Bonchev–Trinajstić information content (AvgIpc) is 3.43.